The highest BCUT2D eigenvalue weighted by molar-refractivity contribution is 7.81. The van der Waals surface area contributed by atoms with Crippen molar-refractivity contribution in [2.24, 2.45) is 0 Å². The highest BCUT2D eigenvalue weighted by Crippen LogP contribution is 2.11. The van der Waals surface area contributed by atoms with E-state index in [-0.39, 0.29) is 5.91 Å². The molecule has 1 amide bonds. The summed E-state index contributed by atoms with van der Waals surface area (Å²) in [6.07, 6.45) is 4.63. The lowest BCUT2D eigenvalue weighted by Gasteiger charge is -2.28. The second-order valence-electron chi connectivity index (χ2n) is 3.81. The molecule has 0 aliphatic carbocycles. The number of nitrogens with one attached hydrogen (secondary N) is 1. The van der Waals surface area contributed by atoms with Gasteiger partial charge in [-0.15, -0.1) is 0 Å². The van der Waals surface area contributed by atoms with Crippen LogP contribution < -0.4 is 5.32 Å². The van der Waals surface area contributed by atoms with Crippen molar-refractivity contribution in [3.63, 3.8) is 0 Å². The zero-order valence-electron chi connectivity index (χ0n) is 8.83. The van der Waals surface area contributed by atoms with Gasteiger partial charge in [-0.2, -0.15) is 12.6 Å². The molecule has 1 heterocycles. The number of amides is 1. The summed E-state index contributed by atoms with van der Waals surface area (Å²) in [6, 6.07) is 0.575. The van der Waals surface area contributed by atoms with Crippen LogP contribution in [0, 0.1) is 0 Å². The Morgan fingerprint density at radius 2 is 2.21 bits per heavy atom. The maximum Gasteiger partial charge on any atom is 0.232 e. The number of rotatable bonds is 2. The molecule has 3 nitrogen and oxygen atoms in total. The molecule has 0 aromatic carbocycles. The molecule has 1 saturated heterocycles. The molecular formula is C10H20N2OS. The van der Waals surface area contributed by atoms with Crippen LogP contribution in [0.4, 0.5) is 0 Å². The number of carbonyl (C=O) groups excluding carboxylic acids is 1. The summed E-state index contributed by atoms with van der Waals surface area (Å²) in [6.45, 7) is 1.79. The third-order valence-corrected chi connectivity index (χ3v) is 3.14. The van der Waals surface area contributed by atoms with E-state index in [2.05, 4.69) is 17.9 Å². The summed E-state index contributed by atoms with van der Waals surface area (Å²) in [5.74, 6) is 0.509. The second kappa shape index (κ2) is 6.30. The van der Waals surface area contributed by atoms with Crippen LogP contribution in [-0.2, 0) is 4.79 Å². The van der Waals surface area contributed by atoms with Crippen LogP contribution in [0.3, 0.4) is 0 Å². The van der Waals surface area contributed by atoms with Crippen molar-refractivity contribution in [3.05, 3.63) is 0 Å². The lowest BCUT2D eigenvalue weighted by atomic mass is 10.0. The van der Waals surface area contributed by atoms with Crippen LogP contribution in [0.15, 0.2) is 0 Å². The van der Waals surface area contributed by atoms with Gasteiger partial charge < -0.3 is 10.2 Å². The van der Waals surface area contributed by atoms with E-state index < -0.39 is 0 Å². The first kappa shape index (κ1) is 11.9. The van der Waals surface area contributed by atoms with Crippen LogP contribution in [0.25, 0.3) is 0 Å². The first-order valence-corrected chi connectivity index (χ1v) is 5.97. The predicted octanol–water partition coefficient (Wildman–Crippen LogP) is 0.907. The average molecular weight is 216 g/mol. The molecular weight excluding hydrogens is 196 g/mol. The van der Waals surface area contributed by atoms with Crippen molar-refractivity contribution < 1.29 is 4.79 Å². The number of thiol groups is 1. The Kier molecular flexibility index (Phi) is 5.33. The minimum atomic E-state index is 0.171. The molecule has 4 heteroatoms. The van der Waals surface area contributed by atoms with E-state index in [4.69, 9.17) is 0 Å². The smallest absolute Gasteiger partial charge is 0.232 e. The number of hydrogen-bond donors (Lipinski definition) is 2. The number of nitrogens with zero attached hydrogens (tertiary/aromatic N) is 1. The molecule has 1 N–H and O–H groups in total. The fourth-order valence-electron chi connectivity index (χ4n) is 1.90. The van der Waals surface area contributed by atoms with E-state index in [1.54, 1.807) is 0 Å². The molecule has 0 radical (unpaired) electrons. The molecule has 14 heavy (non-hydrogen) atoms. The summed E-state index contributed by atoms with van der Waals surface area (Å²) in [4.78, 5) is 13.4. The number of carbonyl (C=O) groups is 1. The predicted molar refractivity (Wildman–Crippen MR) is 61.7 cm³/mol. The highest BCUT2D eigenvalue weighted by Gasteiger charge is 2.16. The minimum Gasteiger partial charge on any atom is -0.342 e. The van der Waals surface area contributed by atoms with Gasteiger partial charge in [0.05, 0.1) is 5.75 Å². The summed E-state index contributed by atoms with van der Waals surface area (Å²) < 4.78 is 0. The van der Waals surface area contributed by atoms with Gasteiger partial charge in [0.1, 0.15) is 0 Å². The Morgan fingerprint density at radius 1 is 1.43 bits per heavy atom. The molecule has 0 saturated carbocycles. The zero-order valence-corrected chi connectivity index (χ0v) is 9.72. The van der Waals surface area contributed by atoms with Crippen molar-refractivity contribution >= 4 is 18.5 Å². The molecule has 0 bridgehead atoms. The fraction of sp³-hybridized carbons (Fsp3) is 0.900. The normalized spacial score (nSPS) is 24.1. The van der Waals surface area contributed by atoms with Crippen LogP contribution in [0.5, 0.6) is 0 Å². The largest absolute Gasteiger partial charge is 0.342 e. The second-order valence-corrected chi connectivity index (χ2v) is 4.13. The Hall–Kier alpha value is -0.220. The van der Waals surface area contributed by atoms with Gasteiger partial charge in [0.2, 0.25) is 5.91 Å². The first-order valence-electron chi connectivity index (χ1n) is 5.34. The topological polar surface area (TPSA) is 32.3 Å². The molecule has 0 aromatic rings. The fourth-order valence-corrected chi connectivity index (χ4v) is 2.10. The van der Waals surface area contributed by atoms with Crippen molar-refractivity contribution in [2.75, 3.05) is 25.9 Å². The first-order chi connectivity index (χ1) is 6.77. The van der Waals surface area contributed by atoms with Crippen molar-refractivity contribution in [2.45, 2.75) is 31.7 Å². The number of likely N-dealkylation sites (tertiary alicyclic amines) is 1. The van der Waals surface area contributed by atoms with Crippen molar-refractivity contribution in [1.29, 1.82) is 0 Å². The SMILES string of the molecule is CNC1CCCCN(C(=O)CS)CC1. The molecule has 0 spiro atoms. The van der Waals surface area contributed by atoms with E-state index in [0.717, 1.165) is 25.9 Å². The third-order valence-electron chi connectivity index (χ3n) is 2.87. The Labute approximate surface area is 91.6 Å². The van der Waals surface area contributed by atoms with E-state index in [1.165, 1.54) is 12.8 Å². The van der Waals surface area contributed by atoms with E-state index in [0.29, 0.717) is 11.8 Å². The molecule has 1 fully saturated rings. The molecule has 1 unspecified atom stereocenters. The lowest BCUT2D eigenvalue weighted by molar-refractivity contribution is -0.128. The van der Waals surface area contributed by atoms with Gasteiger partial charge in [0.25, 0.3) is 0 Å². The van der Waals surface area contributed by atoms with Gasteiger partial charge in [0.15, 0.2) is 0 Å². The zero-order chi connectivity index (χ0) is 10.4. The summed E-state index contributed by atoms with van der Waals surface area (Å²) in [5.41, 5.74) is 0. The Bertz CT molecular complexity index is 187. The van der Waals surface area contributed by atoms with Gasteiger partial charge in [-0.1, -0.05) is 6.42 Å². The maximum atomic E-state index is 11.5. The molecule has 1 aliphatic rings. The molecule has 1 aliphatic heterocycles. The standard InChI is InChI=1S/C10H20N2OS/c1-11-9-4-2-3-6-12(7-5-9)10(13)8-14/h9,11,14H,2-8H2,1H3. The van der Waals surface area contributed by atoms with E-state index >= 15 is 0 Å². The Morgan fingerprint density at radius 3 is 2.86 bits per heavy atom. The molecule has 1 rings (SSSR count). The van der Waals surface area contributed by atoms with E-state index in [1.807, 2.05) is 11.9 Å². The van der Waals surface area contributed by atoms with Gasteiger partial charge >= 0.3 is 0 Å². The quantitative estimate of drug-likeness (QED) is 0.672. The lowest BCUT2D eigenvalue weighted by Crippen LogP contribution is -2.39. The van der Waals surface area contributed by atoms with Crippen LogP contribution in [0.1, 0.15) is 25.7 Å². The average Bonchev–Trinajstić information content (AvgIpc) is 2.17. The van der Waals surface area contributed by atoms with Crippen molar-refractivity contribution in [1.82, 2.24) is 10.2 Å². The van der Waals surface area contributed by atoms with Gasteiger partial charge in [-0.3, -0.25) is 4.79 Å². The van der Waals surface area contributed by atoms with Crippen LogP contribution >= 0.6 is 12.6 Å². The summed E-state index contributed by atoms with van der Waals surface area (Å²) in [7, 11) is 2.00. The van der Waals surface area contributed by atoms with Crippen LogP contribution in [-0.4, -0.2) is 42.7 Å². The highest BCUT2D eigenvalue weighted by atomic mass is 32.1. The molecule has 82 valence electrons. The van der Waals surface area contributed by atoms with Crippen molar-refractivity contribution in [3.8, 4) is 0 Å². The summed E-state index contributed by atoms with van der Waals surface area (Å²) >= 11 is 4.03. The number of hydrogen-bond acceptors (Lipinski definition) is 3. The Balaban J connectivity index is 2.42. The molecule has 0 aromatic heterocycles. The molecule has 1 atom stereocenters. The maximum absolute atomic E-state index is 11.5. The van der Waals surface area contributed by atoms with Crippen LogP contribution in [0.2, 0.25) is 0 Å². The van der Waals surface area contributed by atoms with Gasteiger partial charge in [-0.05, 0) is 26.3 Å². The van der Waals surface area contributed by atoms with Gasteiger partial charge in [0, 0.05) is 19.1 Å². The monoisotopic (exact) mass is 216 g/mol. The van der Waals surface area contributed by atoms with E-state index in [9.17, 15) is 4.79 Å². The summed E-state index contributed by atoms with van der Waals surface area (Å²) in [5, 5.41) is 3.29. The third kappa shape index (κ3) is 3.50. The van der Waals surface area contributed by atoms with Gasteiger partial charge in [-0.25, -0.2) is 0 Å². The minimum absolute atomic E-state index is 0.171.